The van der Waals surface area contributed by atoms with E-state index >= 15 is 0 Å². The van der Waals surface area contributed by atoms with Crippen LogP contribution in [0, 0.1) is 11.8 Å². The number of hydrogen-bond acceptors (Lipinski definition) is 2. The van der Waals surface area contributed by atoms with Crippen LogP contribution in [-0.4, -0.2) is 24.7 Å². The van der Waals surface area contributed by atoms with Gasteiger partial charge in [-0.3, -0.25) is 0 Å². The summed E-state index contributed by atoms with van der Waals surface area (Å²) in [7, 11) is -1.51. The minimum absolute atomic E-state index is 0.204. The molecule has 0 bridgehead atoms. The summed E-state index contributed by atoms with van der Waals surface area (Å²) in [5.41, 5.74) is 0.200. The van der Waals surface area contributed by atoms with E-state index in [9.17, 15) is 5.11 Å². The summed E-state index contributed by atoms with van der Waals surface area (Å²) in [5.74, 6) is 0.518. The molecule has 1 N–H and O–H groups in total. The molecular weight excluding hydrogens is 202 g/mol. The third-order valence-electron chi connectivity index (χ3n) is 2.65. The highest BCUT2D eigenvalue weighted by Crippen LogP contribution is 2.24. The molecule has 0 aromatic carbocycles. The highest BCUT2D eigenvalue weighted by molar-refractivity contribution is 6.75. The molecule has 0 fully saturated rings. The van der Waals surface area contributed by atoms with Crippen LogP contribution in [0.1, 0.15) is 34.6 Å². The molecule has 2 nitrogen and oxygen atoms in total. The van der Waals surface area contributed by atoms with E-state index in [2.05, 4.69) is 33.5 Å². The van der Waals surface area contributed by atoms with Crippen LogP contribution in [0.5, 0.6) is 0 Å². The van der Waals surface area contributed by atoms with Crippen LogP contribution in [0.2, 0.25) is 19.6 Å². The Morgan fingerprint density at radius 1 is 1.13 bits per heavy atom. The first-order chi connectivity index (χ1) is 6.48. The molecule has 0 saturated carbocycles. The van der Waals surface area contributed by atoms with Gasteiger partial charge < -0.3 is 9.76 Å². The predicted molar refractivity (Wildman–Crippen MR) is 71.1 cm³/mol. The van der Waals surface area contributed by atoms with Crippen molar-refractivity contribution in [3.8, 4) is 0 Å². The van der Waals surface area contributed by atoms with Gasteiger partial charge in [0.1, 0.15) is 5.60 Å². The van der Waals surface area contributed by atoms with Crippen LogP contribution in [0.15, 0.2) is 4.66 Å². The molecule has 0 aliphatic carbocycles. The molecular formula is C12H27NOSi. The van der Waals surface area contributed by atoms with Crippen molar-refractivity contribution in [2.45, 2.75) is 59.9 Å². The smallest absolute Gasteiger partial charge is 0.172 e. The second kappa shape index (κ2) is 4.79. The van der Waals surface area contributed by atoms with Crippen molar-refractivity contribution in [3.63, 3.8) is 0 Å². The number of rotatable bonds is 4. The van der Waals surface area contributed by atoms with Gasteiger partial charge in [0.05, 0.1) is 0 Å². The fraction of sp³-hybridized carbons (Fsp3) is 0.917. The Morgan fingerprint density at radius 2 is 1.53 bits per heavy atom. The molecule has 3 heteroatoms. The van der Waals surface area contributed by atoms with Gasteiger partial charge in [-0.1, -0.05) is 27.7 Å². The van der Waals surface area contributed by atoms with Crippen LogP contribution < -0.4 is 0 Å². The summed E-state index contributed by atoms with van der Waals surface area (Å²) >= 11 is 0. The van der Waals surface area contributed by atoms with Gasteiger partial charge >= 0.3 is 0 Å². The third-order valence-corrected chi connectivity index (χ3v) is 3.56. The van der Waals surface area contributed by atoms with Gasteiger partial charge in [-0.2, -0.15) is 0 Å². The maximum absolute atomic E-state index is 10.5. The van der Waals surface area contributed by atoms with Crippen LogP contribution >= 0.6 is 0 Å². The zero-order chi connectivity index (χ0) is 12.4. The Hall–Kier alpha value is -0.153. The van der Waals surface area contributed by atoms with Gasteiger partial charge in [0.2, 0.25) is 0 Å². The molecule has 0 aromatic heterocycles. The number of aliphatic hydroxyl groups is 1. The van der Waals surface area contributed by atoms with E-state index in [1.165, 1.54) is 0 Å². The van der Waals surface area contributed by atoms with E-state index in [-0.39, 0.29) is 5.92 Å². The molecule has 0 aliphatic heterocycles. The Morgan fingerprint density at radius 3 is 1.73 bits per heavy atom. The van der Waals surface area contributed by atoms with Crippen molar-refractivity contribution in [3.05, 3.63) is 0 Å². The second-order valence-corrected chi connectivity index (χ2v) is 10.7. The quantitative estimate of drug-likeness (QED) is 0.582. The molecule has 0 spiro atoms. The fourth-order valence-corrected chi connectivity index (χ4v) is 2.69. The largest absolute Gasteiger partial charge is 0.384 e. The first-order valence-electron chi connectivity index (χ1n) is 5.81. The molecule has 0 saturated heterocycles. The van der Waals surface area contributed by atoms with Crippen molar-refractivity contribution in [1.82, 2.24) is 0 Å². The molecule has 0 heterocycles. The van der Waals surface area contributed by atoms with Crippen molar-refractivity contribution < 1.29 is 5.11 Å². The SMILES string of the molecule is CC(C)C(=N[Si](C)(C)C)C(C)(O)C(C)C. The monoisotopic (exact) mass is 229 g/mol. The molecule has 0 radical (unpaired) electrons. The average molecular weight is 229 g/mol. The summed E-state index contributed by atoms with van der Waals surface area (Å²) in [6.07, 6.45) is 0. The Bertz CT molecular complexity index is 236. The molecule has 1 atom stereocenters. The fourth-order valence-electron chi connectivity index (χ4n) is 1.48. The lowest BCUT2D eigenvalue weighted by molar-refractivity contribution is 0.0786. The minimum atomic E-state index is -1.51. The van der Waals surface area contributed by atoms with Crippen molar-refractivity contribution in [2.24, 2.45) is 16.5 Å². The van der Waals surface area contributed by atoms with Crippen LogP contribution in [0.3, 0.4) is 0 Å². The van der Waals surface area contributed by atoms with E-state index in [0.717, 1.165) is 5.71 Å². The molecule has 90 valence electrons. The maximum Gasteiger partial charge on any atom is 0.172 e. The van der Waals surface area contributed by atoms with Crippen molar-refractivity contribution >= 4 is 13.9 Å². The number of nitrogens with zero attached hydrogens (tertiary/aromatic N) is 1. The van der Waals surface area contributed by atoms with Gasteiger partial charge in [0.25, 0.3) is 0 Å². The Labute approximate surface area is 95.9 Å². The lowest BCUT2D eigenvalue weighted by Gasteiger charge is -2.33. The summed E-state index contributed by atoms with van der Waals surface area (Å²) in [5, 5.41) is 10.5. The minimum Gasteiger partial charge on any atom is -0.384 e. The van der Waals surface area contributed by atoms with Gasteiger partial charge in [-0.15, -0.1) is 0 Å². The highest BCUT2D eigenvalue weighted by Gasteiger charge is 2.34. The predicted octanol–water partition coefficient (Wildman–Crippen LogP) is 3.33. The van der Waals surface area contributed by atoms with Gasteiger partial charge in [0, 0.05) is 5.71 Å². The lowest BCUT2D eigenvalue weighted by Crippen LogP contribution is -2.45. The van der Waals surface area contributed by atoms with Crippen molar-refractivity contribution in [2.75, 3.05) is 0 Å². The summed E-state index contributed by atoms with van der Waals surface area (Å²) in [6.45, 7) is 16.8. The molecule has 0 aromatic rings. The lowest BCUT2D eigenvalue weighted by atomic mass is 9.83. The Balaban J connectivity index is 5.26. The third kappa shape index (κ3) is 4.47. The van der Waals surface area contributed by atoms with Crippen LogP contribution in [0.25, 0.3) is 0 Å². The standard InChI is InChI=1S/C12H27NOSi/c1-9(2)11(13-15(6,7)8)12(5,14)10(3)4/h9-10,14H,1-8H3. The zero-order valence-electron chi connectivity index (χ0n) is 11.5. The molecule has 0 aliphatic rings. The van der Waals surface area contributed by atoms with Crippen LogP contribution in [-0.2, 0) is 0 Å². The number of hydrogen-bond donors (Lipinski definition) is 1. The van der Waals surface area contributed by atoms with Gasteiger partial charge in [-0.05, 0) is 38.4 Å². The average Bonchev–Trinajstić information content (AvgIpc) is 1.97. The van der Waals surface area contributed by atoms with Gasteiger partial charge in [-0.25, -0.2) is 0 Å². The van der Waals surface area contributed by atoms with E-state index < -0.39 is 13.8 Å². The van der Waals surface area contributed by atoms with Gasteiger partial charge in [0.15, 0.2) is 8.24 Å². The maximum atomic E-state index is 10.5. The summed E-state index contributed by atoms with van der Waals surface area (Å²) in [6, 6.07) is 0. The first-order valence-corrected chi connectivity index (χ1v) is 9.25. The summed E-state index contributed by atoms with van der Waals surface area (Å²) in [4.78, 5) is 0. The molecule has 15 heavy (non-hydrogen) atoms. The topological polar surface area (TPSA) is 32.6 Å². The van der Waals surface area contributed by atoms with Crippen molar-refractivity contribution in [1.29, 1.82) is 0 Å². The second-order valence-electron chi connectivity index (χ2n) is 6.12. The normalized spacial score (nSPS) is 18.5. The van der Waals surface area contributed by atoms with E-state index in [4.69, 9.17) is 4.66 Å². The van der Waals surface area contributed by atoms with Crippen LogP contribution in [0.4, 0.5) is 0 Å². The van der Waals surface area contributed by atoms with E-state index in [1.54, 1.807) is 0 Å². The first kappa shape index (κ1) is 14.8. The molecule has 0 rings (SSSR count). The molecule has 1 unspecified atom stereocenters. The highest BCUT2D eigenvalue weighted by atomic mass is 28.3. The Kier molecular flexibility index (Phi) is 4.74. The van der Waals surface area contributed by atoms with E-state index in [0.29, 0.717) is 5.92 Å². The zero-order valence-corrected chi connectivity index (χ0v) is 12.5. The molecule has 0 amide bonds. The summed E-state index contributed by atoms with van der Waals surface area (Å²) < 4.78 is 4.81. The van der Waals surface area contributed by atoms with E-state index in [1.807, 2.05) is 20.8 Å².